The molecule has 0 heterocycles. The van der Waals surface area contributed by atoms with Gasteiger partial charge in [-0.2, -0.15) is 0 Å². The molecule has 0 aromatic carbocycles. The second-order valence-corrected chi connectivity index (χ2v) is 11.5. The van der Waals surface area contributed by atoms with E-state index in [1.807, 2.05) is 0 Å². The molecule has 0 aromatic heterocycles. The average Bonchev–Trinajstić information content (AvgIpc) is 2.75. The standard InChI is InChI=1S/C26H46O4/c27-22-9-1-18(2-10-22)17-26(19-3-11-23(28)12-4-19,20-5-13-24(29)14-6-20)21-7-15-25(30)16-8-21/h18-25,27-30H,1-17H2. The van der Waals surface area contributed by atoms with Crippen molar-refractivity contribution in [2.75, 3.05) is 0 Å². The van der Waals surface area contributed by atoms with E-state index >= 15 is 0 Å². The van der Waals surface area contributed by atoms with Crippen LogP contribution < -0.4 is 0 Å². The molecule has 174 valence electrons. The van der Waals surface area contributed by atoms with Gasteiger partial charge in [-0.05, 0) is 138 Å². The van der Waals surface area contributed by atoms with E-state index in [0.717, 1.165) is 103 Å². The number of rotatable bonds is 5. The van der Waals surface area contributed by atoms with Crippen molar-refractivity contribution in [3.05, 3.63) is 0 Å². The zero-order valence-corrected chi connectivity index (χ0v) is 18.9. The first kappa shape index (κ1) is 23.0. The molecule has 4 nitrogen and oxygen atoms in total. The van der Waals surface area contributed by atoms with Gasteiger partial charge in [-0.15, -0.1) is 0 Å². The van der Waals surface area contributed by atoms with Crippen LogP contribution in [0.2, 0.25) is 0 Å². The normalized spacial score (nSPS) is 45.6. The highest BCUT2D eigenvalue weighted by atomic mass is 16.3. The lowest BCUT2D eigenvalue weighted by Gasteiger charge is -2.57. The molecule has 4 fully saturated rings. The van der Waals surface area contributed by atoms with Crippen LogP contribution in [0, 0.1) is 29.1 Å². The van der Waals surface area contributed by atoms with Crippen LogP contribution in [-0.2, 0) is 0 Å². The third-order valence-corrected chi connectivity index (χ3v) is 9.83. The van der Waals surface area contributed by atoms with Crippen molar-refractivity contribution in [1.82, 2.24) is 0 Å². The van der Waals surface area contributed by atoms with E-state index in [9.17, 15) is 20.4 Å². The fourth-order valence-electron chi connectivity index (χ4n) is 8.19. The zero-order chi connectivity index (χ0) is 21.1. The monoisotopic (exact) mass is 422 g/mol. The molecule has 4 heteroatoms. The van der Waals surface area contributed by atoms with Crippen molar-refractivity contribution < 1.29 is 20.4 Å². The Morgan fingerprint density at radius 2 is 0.667 bits per heavy atom. The third kappa shape index (κ3) is 5.08. The number of hydrogen-bond donors (Lipinski definition) is 4. The van der Waals surface area contributed by atoms with Gasteiger partial charge in [0.2, 0.25) is 0 Å². The highest BCUT2D eigenvalue weighted by molar-refractivity contribution is 5.02. The van der Waals surface area contributed by atoms with Gasteiger partial charge in [0, 0.05) is 0 Å². The minimum absolute atomic E-state index is 0.102. The summed E-state index contributed by atoms with van der Waals surface area (Å²) in [6, 6.07) is 0. The number of aliphatic hydroxyl groups is 4. The van der Waals surface area contributed by atoms with Crippen molar-refractivity contribution in [1.29, 1.82) is 0 Å². The molecule has 0 saturated heterocycles. The Morgan fingerprint density at radius 3 is 0.967 bits per heavy atom. The molecule has 0 spiro atoms. The van der Waals surface area contributed by atoms with E-state index in [0.29, 0.717) is 29.1 Å². The van der Waals surface area contributed by atoms with Crippen LogP contribution in [0.1, 0.15) is 109 Å². The molecule has 30 heavy (non-hydrogen) atoms. The molecule has 0 amide bonds. The van der Waals surface area contributed by atoms with Gasteiger partial charge in [0.25, 0.3) is 0 Å². The Bertz CT molecular complexity index is 450. The summed E-state index contributed by atoms with van der Waals surface area (Å²) in [5.74, 6) is 2.73. The molecule has 0 aliphatic heterocycles. The first-order valence-electron chi connectivity index (χ1n) is 13.2. The van der Waals surface area contributed by atoms with E-state index in [-0.39, 0.29) is 24.4 Å². The van der Waals surface area contributed by atoms with Crippen molar-refractivity contribution in [2.24, 2.45) is 29.1 Å². The van der Waals surface area contributed by atoms with Gasteiger partial charge >= 0.3 is 0 Å². The Balaban J connectivity index is 1.63. The minimum atomic E-state index is -0.120. The quantitative estimate of drug-likeness (QED) is 0.523. The highest BCUT2D eigenvalue weighted by Gasteiger charge is 2.52. The fraction of sp³-hybridized carbons (Fsp3) is 1.00. The van der Waals surface area contributed by atoms with Crippen molar-refractivity contribution in [3.63, 3.8) is 0 Å². The number of hydrogen-bond acceptors (Lipinski definition) is 4. The summed E-state index contributed by atoms with van der Waals surface area (Å²) < 4.78 is 0. The maximum absolute atomic E-state index is 10.2. The zero-order valence-electron chi connectivity index (χ0n) is 18.9. The summed E-state index contributed by atoms with van der Waals surface area (Å²) in [5.41, 5.74) is 0.299. The smallest absolute Gasteiger partial charge is 0.0540 e. The summed E-state index contributed by atoms with van der Waals surface area (Å²) in [6.07, 6.45) is 17.6. The summed E-state index contributed by atoms with van der Waals surface area (Å²) in [5, 5.41) is 40.8. The van der Waals surface area contributed by atoms with E-state index in [1.54, 1.807) is 0 Å². The maximum atomic E-state index is 10.2. The van der Waals surface area contributed by atoms with Gasteiger partial charge in [0.1, 0.15) is 0 Å². The molecule has 4 saturated carbocycles. The van der Waals surface area contributed by atoms with Crippen LogP contribution in [0.3, 0.4) is 0 Å². The first-order valence-corrected chi connectivity index (χ1v) is 13.2. The predicted octanol–water partition coefficient (Wildman–Crippen LogP) is 4.57. The van der Waals surface area contributed by atoms with E-state index < -0.39 is 0 Å². The Morgan fingerprint density at radius 1 is 0.400 bits per heavy atom. The molecule has 4 aliphatic carbocycles. The summed E-state index contributed by atoms with van der Waals surface area (Å²) >= 11 is 0. The Labute approximate surface area is 183 Å². The molecular formula is C26H46O4. The van der Waals surface area contributed by atoms with Gasteiger partial charge in [0.15, 0.2) is 0 Å². The maximum Gasteiger partial charge on any atom is 0.0540 e. The molecule has 4 N–H and O–H groups in total. The van der Waals surface area contributed by atoms with Gasteiger partial charge in [-0.1, -0.05) is 0 Å². The molecule has 4 aliphatic rings. The van der Waals surface area contributed by atoms with Gasteiger partial charge < -0.3 is 20.4 Å². The molecule has 0 radical (unpaired) electrons. The first-order chi connectivity index (χ1) is 14.5. The molecular weight excluding hydrogens is 376 g/mol. The largest absolute Gasteiger partial charge is 0.393 e. The van der Waals surface area contributed by atoms with Crippen LogP contribution in [0.25, 0.3) is 0 Å². The summed E-state index contributed by atoms with van der Waals surface area (Å²) in [4.78, 5) is 0. The number of aliphatic hydroxyl groups excluding tert-OH is 4. The second-order valence-electron chi connectivity index (χ2n) is 11.5. The van der Waals surface area contributed by atoms with Gasteiger partial charge in [0.05, 0.1) is 24.4 Å². The van der Waals surface area contributed by atoms with Crippen LogP contribution in [-0.4, -0.2) is 44.8 Å². The molecule has 4 rings (SSSR count). The molecule has 0 unspecified atom stereocenters. The lowest BCUT2D eigenvalue weighted by molar-refractivity contribution is -0.0980. The van der Waals surface area contributed by atoms with Crippen molar-refractivity contribution in [2.45, 2.75) is 134 Å². The second kappa shape index (κ2) is 10.2. The van der Waals surface area contributed by atoms with Crippen LogP contribution in [0.4, 0.5) is 0 Å². The van der Waals surface area contributed by atoms with Crippen LogP contribution >= 0.6 is 0 Å². The fourth-order valence-corrected chi connectivity index (χ4v) is 8.19. The van der Waals surface area contributed by atoms with Crippen LogP contribution in [0.5, 0.6) is 0 Å². The highest BCUT2D eigenvalue weighted by Crippen LogP contribution is 2.60. The van der Waals surface area contributed by atoms with Crippen molar-refractivity contribution in [3.8, 4) is 0 Å². The van der Waals surface area contributed by atoms with Gasteiger partial charge in [-0.3, -0.25) is 0 Å². The van der Waals surface area contributed by atoms with E-state index in [4.69, 9.17) is 0 Å². The molecule has 0 aromatic rings. The Hall–Kier alpha value is -0.160. The van der Waals surface area contributed by atoms with E-state index in [1.165, 1.54) is 6.42 Å². The lowest BCUT2D eigenvalue weighted by Crippen LogP contribution is -2.50. The topological polar surface area (TPSA) is 80.9 Å². The molecule has 0 bridgehead atoms. The van der Waals surface area contributed by atoms with Crippen molar-refractivity contribution >= 4 is 0 Å². The average molecular weight is 423 g/mol. The van der Waals surface area contributed by atoms with Crippen LogP contribution in [0.15, 0.2) is 0 Å². The third-order valence-electron chi connectivity index (χ3n) is 9.83. The van der Waals surface area contributed by atoms with Gasteiger partial charge in [-0.25, -0.2) is 0 Å². The summed E-state index contributed by atoms with van der Waals surface area (Å²) in [6.45, 7) is 0. The lowest BCUT2D eigenvalue weighted by atomic mass is 9.48. The van der Waals surface area contributed by atoms with E-state index in [2.05, 4.69) is 0 Å². The SMILES string of the molecule is OC1CCC(CC(C2CCC(O)CC2)(C2CCC(O)CC2)C2CCC(O)CC2)CC1. The predicted molar refractivity (Wildman–Crippen MR) is 119 cm³/mol. The molecule has 0 atom stereocenters. The summed E-state index contributed by atoms with van der Waals surface area (Å²) in [7, 11) is 0. The minimum Gasteiger partial charge on any atom is -0.393 e. The Kier molecular flexibility index (Phi) is 7.82.